The van der Waals surface area contributed by atoms with E-state index in [0.29, 0.717) is 11.3 Å². The van der Waals surface area contributed by atoms with Crippen LogP contribution in [-0.4, -0.2) is 32.2 Å². The number of fused-ring (bicyclic) bond motifs is 2. The van der Waals surface area contributed by atoms with E-state index in [1.165, 1.54) is 39.7 Å². The fourth-order valence-corrected chi connectivity index (χ4v) is 8.73. The van der Waals surface area contributed by atoms with Gasteiger partial charge in [-0.05, 0) is 105 Å². The Morgan fingerprint density at radius 2 is 1.33 bits per heavy atom. The minimum atomic E-state index is -4.50. The van der Waals surface area contributed by atoms with Gasteiger partial charge >= 0.3 is 0 Å². The molecule has 0 radical (unpaired) electrons. The zero-order valence-corrected chi connectivity index (χ0v) is 31.6. The lowest BCUT2D eigenvalue weighted by atomic mass is 9.74. The van der Waals surface area contributed by atoms with E-state index in [0.717, 1.165) is 55.7 Å². The SMILES string of the molecule is C=CCCCN(C1=CC2Oc3cc(N(CCCC=C)c4c(C)cccc4C)ccc3C(c3ccccc3S(=O)(=O)O)C2C=C1)c1c(C)cccc1C. The van der Waals surface area contributed by atoms with Crippen molar-refractivity contribution >= 4 is 27.2 Å². The van der Waals surface area contributed by atoms with Crippen LogP contribution in [0, 0.1) is 33.6 Å². The summed E-state index contributed by atoms with van der Waals surface area (Å²) in [6.45, 7) is 18.1. The van der Waals surface area contributed by atoms with E-state index in [4.69, 9.17) is 4.74 Å². The summed E-state index contributed by atoms with van der Waals surface area (Å²) in [6.07, 6.45) is 13.7. The van der Waals surface area contributed by atoms with Gasteiger partial charge in [0.25, 0.3) is 10.1 Å². The molecule has 0 fully saturated rings. The Morgan fingerprint density at radius 3 is 1.92 bits per heavy atom. The molecule has 1 aliphatic carbocycles. The van der Waals surface area contributed by atoms with Crippen LogP contribution in [0.4, 0.5) is 17.1 Å². The smallest absolute Gasteiger partial charge is 0.294 e. The normalized spacial score (nSPS) is 17.7. The minimum absolute atomic E-state index is 0.0815. The van der Waals surface area contributed by atoms with Crippen LogP contribution in [0.5, 0.6) is 5.75 Å². The molecule has 0 saturated heterocycles. The summed E-state index contributed by atoms with van der Waals surface area (Å²) < 4.78 is 43.0. The first kappa shape index (κ1) is 36.9. The molecule has 270 valence electrons. The number of allylic oxidation sites excluding steroid dienone is 3. The Kier molecular flexibility index (Phi) is 11.2. The van der Waals surface area contributed by atoms with E-state index in [1.807, 2.05) is 24.3 Å². The lowest BCUT2D eigenvalue weighted by Crippen LogP contribution is -2.38. The zero-order chi connectivity index (χ0) is 37.0. The van der Waals surface area contributed by atoms with Crippen molar-refractivity contribution < 1.29 is 17.7 Å². The number of hydrogen-bond donors (Lipinski definition) is 1. The molecule has 6 rings (SSSR count). The van der Waals surface area contributed by atoms with Crippen LogP contribution in [0.3, 0.4) is 0 Å². The highest BCUT2D eigenvalue weighted by Gasteiger charge is 2.41. The van der Waals surface area contributed by atoms with Gasteiger partial charge in [0.2, 0.25) is 0 Å². The number of hydrogen-bond acceptors (Lipinski definition) is 5. The largest absolute Gasteiger partial charge is 0.485 e. The first-order valence-electron chi connectivity index (χ1n) is 18.2. The van der Waals surface area contributed by atoms with E-state index >= 15 is 0 Å². The van der Waals surface area contributed by atoms with Gasteiger partial charge < -0.3 is 14.5 Å². The van der Waals surface area contributed by atoms with Gasteiger partial charge in [0.05, 0.1) is 4.90 Å². The molecular formula is C45H50N2O4S. The molecule has 2 aliphatic rings. The third kappa shape index (κ3) is 7.52. The van der Waals surface area contributed by atoms with E-state index in [9.17, 15) is 13.0 Å². The van der Waals surface area contributed by atoms with Crippen LogP contribution in [0.25, 0.3) is 0 Å². The lowest BCUT2D eigenvalue weighted by molar-refractivity contribution is 0.164. The van der Waals surface area contributed by atoms with Gasteiger partial charge in [-0.15, -0.1) is 13.2 Å². The van der Waals surface area contributed by atoms with Crippen molar-refractivity contribution in [3.63, 3.8) is 0 Å². The average Bonchev–Trinajstić information content (AvgIpc) is 3.11. The molecule has 52 heavy (non-hydrogen) atoms. The van der Waals surface area contributed by atoms with Gasteiger partial charge in [0.15, 0.2) is 0 Å². The standard InChI is InChI=1S/C45H50N2O4S/c1-7-9-13-27-46(44-31(3)17-15-18-32(44)4)35-23-25-37-40(29-35)51-41-30-36(47(28-14-10-8-2)45-33(5)19-16-20-34(45)6)24-26-38(41)43(37)39-21-11-12-22-42(39)52(48,49)50/h7-8,11-12,15-26,29-30,37,40,43H,1-2,9-10,13-14,27-28H2,3-6H3,(H,48,49,50). The van der Waals surface area contributed by atoms with Gasteiger partial charge in [-0.3, -0.25) is 4.55 Å². The molecule has 4 aromatic rings. The Morgan fingerprint density at radius 1 is 0.750 bits per heavy atom. The van der Waals surface area contributed by atoms with Crippen LogP contribution in [0.1, 0.15) is 65.0 Å². The molecule has 7 heteroatoms. The Balaban J connectivity index is 1.51. The highest BCUT2D eigenvalue weighted by atomic mass is 32.2. The molecule has 1 heterocycles. The first-order valence-corrected chi connectivity index (χ1v) is 19.6. The van der Waals surface area contributed by atoms with Gasteiger partial charge in [0, 0.05) is 59.3 Å². The second-order valence-corrected chi connectivity index (χ2v) is 15.4. The maximum Gasteiger partial charge on any atom is 0.294 e. The van der Waals surface area contributed by atoms with Crippen molar-refractivity contribution in [1.29, 1.82) is 0 Å². The predicted octanol–water partition coefficient (Wildman–Crippen LogP) is 10.7. The number of para-hydroxylation sites is 2. The molecule has 0 amide bonds. The molecule has 0 spiro atoms. The predicted molar refractivity (Wildman–Crippen MR) is 215 cm³/mol. The van der Waals surface area contributed by atoms with Crippen molar-refractivity contribution in [2.75, 3.05) is 22.9 Å². The Labute approximate surface area is 310 Å². The number of rotatable bonds is 14. The Hall–Kier alpha value is -4.85. The summed E-state index contributed by atoms with van der Waals surface area (Å²) in [7, 11) is -4.50. The number of anilines is 3. The Bertz CT molecular complexity index is 2090. The number of nitrogens with zero attached hydrogens (tertiary/aromatic N) is 2. The molecule has 0 aromatic heterocycles. The average molecular weight is 715 g/mol. The fourth-order valence-electron chi connectivity index (χ4n) is 7.99. The third-order valence-electron chi connectivity index (χ3n) is 10.3. The molecule has 6 nitrogen and oxygen atoms in total. The molecule has 0 bridgehead atoms. The molecular weight excluding hydrogens is 665 g/mol. The second kappa shape index (κ2) is 15.8. The summed E-state index contributed by atoms with van der Waals surface area (Å²) >= 11 is 0. The number of ether oxygens (including phenoxy) is 1. The zero-order valence-electron chi connectivity index (χ0n) is 30.8. The van der Waals surface area contributed by atoms with Gasteiger partial charge in [-0.25, -0.2) is 0 Å². The van der Waals surface area contributed by atoms with Crippen LogP contribution in [-0.2, 0) is 10.1 Å². The summed E-state index contributed by atoms with van der Waals surface area (Å²) in [4.78, 5) is 4.65. The maximum absolute atomic E-state index is 12.8. The van der Waals surface area contributed by atoms with Crippen molar-refractivity contribution in [3.8, 4) is 5.75 Å². The van der Waals surface area contributed by atoms with Crippen LogP contribution in [0.2, 0.25) is 0 Å². The molecule has 3 atom stereocenters. The van der Waals surface area contributed by atoms with E-state index in [-0.39, 0.29) is 16.7 Å². The highest BCUT2D eigenvalue weighted by molar-refractivity contribution is 7.85. The topological polar surface area (TPSA) is 70.1 Å². The quantitative estimate of drug-likeness (QED) is 0.0797. The number of aryl methyl sites for hydroxylation is 4. The maximum atomic E-state index is 12.8. The van der Waals surface area contributed by atoms with Crippen LogP contribution < -0.4 is 14.5 Å². The lowest BCUT2D eigenvalue weighted by Gasteiger charge is -2.41. The molecule has 0 saturated carbocycles. The van der Waals surface area contributed by atoms with E-state index < -0.39 is 16.2 Å². The van der Waals surface area contributed by atoms with Crippen molar-refractivity contribution in [3.05, 3.63) is 161 Å². The molecule has 1 N–H and O–H groups in total. The van der Waals surface area contributed by atoms with Gasteiger partial charge in [-0.1, -0.05) is 78.9 Å². The van der Waals surface area contributed by atoms with Crippen LogP contribution >= 0.6 is 0 Å². The third-order valence-corrected chi connectivity index (χ3v) is 11.3. The van der Waals surface area contributed by atoms with Crippen molar-refractivity contribution in [2.24, 2.45) is 5.92 Å². The molecule has 4 aromatic carbocycles. The van der Waals surface area contributed by atoms with E-state index in [2.05, 4.69) is 123 Å². The highest BCUT2D eigenvalue weighted by Crippen LogP contribution is 2.50. The fraction of sp³-hybridized carbons (Fsp3) is 0.289. The summed E-state index contributed by atoms with van der Waals surface area (Å²) in [5.74, 6) is 0.0872. The van der Waals surface area contributed by atoms with Gasteiger partial charge in [0.1, 0.15) is 11.9 Å². The van der Waals surface area contributed by atoms with Gasteiger partial charge in [-0.2, -0.15) is 8.42 Å². The van der Waals surface area contributed by atoms with E-state index in [1.54, 1.807) is 6.07 Å². The monoisotopic (exact) mass is 714 g/mol. The molecule has 1 aliphatic heterocycles. The van der Waals surface area contributed by atoms with Crippen molar-refractivity contribution in [2.45, 2.75) is 70.3 Å². The summed E-state index contributed by atoms with van der Waals surface area (Å²) in [5.41, 5.74) is 10.6. The summed E-state index contributed by atoms with van der Waals surface area (Å²) in [5, 5.41) is 0. The number of unbranched alkanes of at least 4 members (excludes halogenated alkanes) is 2. The number of benzene rings is 4. The molecule has 3 unspecified atom stereocenters. The first-order chi connectivity index (χ1) is 25.0. The summed E-state index contributed by atoms with van der Waals surface area (Å²) in [6, 6.07) is 25.8. The second-order valence-electron chi connectivity index (χ2n) is 14.0. The van der Waals surface area contributed by atoms with Crippen molar-refractivity contribution in [1.82, 2.24) is 0 Å². The minimum Gasteiger partial charge on any atom is -0.485 e. The van der Waals surface area contributed by atoms with Crippen LogP contribution in [0.15, 0.2) is 133 Å².